The predicted octanol–water partition coefficient (Wildman–Crippen LogP) is 3.25. The van der Waals surface area contributed by atoms with E-state index in [1.54, 1.807) is 0 Å². The van der Waals surface area contributed by atoms with Gasteiger partial charge in [-0.1, -0.05) is 0 Å². The van der Waals surface area contributed by atoms with Gasteiger partial charge < -0.3 is 10.2 Å². The van der Waals surface area contributed by atoms with E-state index in [0.717, 1.165) is 12.1 Å². The number of benzene rings is 1. The number of nitrogens with zero attached hydrogens (tertiary/aromatic N) is 1. The number of carbonyl (C=O) groups is 1. The van der Waals surface area contributed by atoms with Crippen LogP contribution in [0.3, 0.4) is 0 Å². The summed E-state index contributed by atoms with van der Waals surface area (Å²) in [4.78, 5) is 14.3. The number of aromatic hydroxyl groups is 1. The van der Waals surface area contributed by atoms with Crippen LogP contribution in [-0.4, -0.2) is 26.7 Å². The minimum absolute atomic E-state index is 0.00773. The van der Waals surface area contributed by atoms with Crippen molar-refractivity contribution in [2.24, 2.45) is 0 Å². The fourth-order valence-corrected chi connectivity index (χ4v) is 2.07. The summed E-state index contributed by atoms with van der Waals surface area (Å²) < 4.78 is 36.7. The van der Waals surface area contributed by atoms with E-state index < -0.39 is 17.2 Å². The van der Waals surface area contributed by atoms with Gasteiger partial charge in [0.15, 0.2) is 5.69 Å². The summed E-state index contributed by atoms with van der Waals surface area (Å²) in [5.74, 6) is -1.71. The number of alkyl halides is 3. The Bertz CT molecular complexity index is 657. The van der Waals surface area contributed by atoms with E-state index in [9.17, 15) is 23.1 Å². The molecule has 19 heavy (non-hydrogen) atoms. The lowest BCUT2D eigenvalue weighted by Crippen LogP contribution is -2.01. The molecule has 0 radical (unpaired) electrons. The fourth-order valence-electron chi connectivity index (χ4n) is 1.50. The van der Waals surface area contributed by atoms with E-state index in [2.05, 4.69) is 4.98 Å². The van der Waals surface area contributed by atoms with Crippen LogP contribution in [0.15, 0.2) is 29.2 Å². The van der Waals surface area contributed by atoms with Crippen LogP contribution in [-0.2, 0) is 0 Å². The minimum atomic E-state index is -4.44. The molecule has 0 aliphatic rings. The highest BCUT2D eigenvalue weighted by molar-refractivity contribution is 8.00. The van der Waals surface area contributed by atoms with Crippen LogP contribution in [0.4, 0.5) is 13.2 Å². The van der Waals surface area contributed by atoms with Gasteiger partial charge in [0.05, 0.1) is 5.52 Å². The lowest BCUT2D eigenvalue weighted by Gasteiger charge is -2.07. The second kappa shape index (κ2) is 4.61. The van der Waals surface area contributed by atoms with Crippen molar-refractivity contribution < 1.29 is 28.2 Å². The first-order valence-electron chi connectivity index (χ1n) is 4.89. The monoisotopic (exact) mass is 289 g/mol. The molecule has 2 rings (SSSR count). The number of fused-ring (bicyclic) bond motifs is 1. The van der Waals surface area contributed by atoms with Crippen LogP contribution >= 0.6 is 11.8 Å². The fraction of sp³-hybridized carbons (Fsp3) is 0.0909. The van der Waals surface area contributed by atoms with E-state index >= 15 is 0 Å². The van der Waals surface area contributed by atoms with Crippen molar-refractivity contribution in [1.29, 1.82) is 0 Å². The summed E-state index contributed by atoms with van der Waals surface area (Å²) in [5, 5.41) is 18.5. The number of aromatic nitrogens is 1. The van der Waals surface area contributed by atoms with Crippen molar-refractivity contribution in [1.82, 2.24) is 4.98 Å². The number of aromatic carboxylic acids is 1. The standard InChI is InChI=1S/C11H6F3NO3S/c12-11(13,14)19-5-1-2-6-7(3-5)15-8(10(17)18)4-9(6)16/h1-4H,(H,15,16)(H,17,18). The third-order valence-electron chi connectivity index (χ3n) is 2.21. The summed E-state index contributed by atoms with van der Waals surface area (Å²) in [6.45, 7) is 0. The van der Waals surface area contributed by atoms with Crippen LogP contribution < -0.4 is 0 Å². The SMILES string of the molecule is O=C(O)c1cc(O)c2ccc(SC(F)(F)F)cc2n1. The van der Waals surface area contributed by atoms with E-state index in [-0.39, 0.29) is 33.3 Å². The maximum Gasteiger partial charge on any atom is 0.446 e. The van der Waals surface area contributed by atoms with Gasteiger partial charge in [-0.05, 0) is 30.0 Å². The van der Waals surface area contributed by atoms with Crippen molar-refractivity contribution in [2.45, 2.75) is 10.4 Å². The van der Waals surface area contributed by atoms with Crippen LogP contribution in [0, 0.1) is 0 Å². The average Bonchev–Trinajstić information content (AvgIpc) is 2.25. The van der Waals surface area contributed by atoms with Crippen LogP contribution in [0.1, 0.15) is 10.5 Å². The zero-order chi connectivity index (χ0) is 14.2. The number of pyridine rings is 1. The Morgan fingerprint density at radius 1 is 1.26 bits per heavy atom. The van der Waals surface area contributed by atoms with Crippen molar-refractivity contribution in [3.63, 3.8) is 0 Å². The van der Waals surface area contributed by atoms with Crippen molar-refractivity contribution in [2.75, 3.05) is 0 Å². The Hall–Kier alpha value is -1.96. The summed E-state index contributed by atoms with van der Waals surface area (Å²) in [6.07, 6.45) is 0. The first-order valence-corrected chi connectivity index (χ1v) is 5.71. The molecular weight excluding hydrogens is 283 g/mol. The molecule has 0 aliphatic heterocycles. The highest BCUT2D eigenvalue weighted by Crippen LogP contribution is 2.38. The number of hydrogen-bond donors (Lipinski definition) is 2. The Balaban J connectivity index is 2.55. The van der Waals surface area contributed by atoms with Crippen LogP contribution in [0.2, 0.25) is 0 Å². The molecule has 4 nitrogen and oxygen atoms in total. The van der Waals surface area contributed by atoms with Crippen molar-refractivity contribution >= 4 is 28.6 Å². The minimum Gasteiger partial charge on any atom is -0.507 e. The number of carboxylic acids is 1. The van der Waals surface area contributed by atoms with Crippen molar-refractivity contribution in [3.05, 3.63) is 30.0 Å². The molecule has 1 aromatic carbocycles. The van der Waals surface area contributed by atoms with Gasteiger partial charge in [0.2, 0.25) is 0 Å². The summed E-state index contributed by atoms with van der Waals surface area (Å²) >= 11 is -0.333. The molecule has 100 valence electrons. The largest absolute Gasteiger partial charge is 0.507 e. The van der Waals surface area contributed by atoms with Crippen LogP contribution in [0.25, 0.3) is 10.9 Å². The maximum atomic E-state index is 12.2. The zero-order valence-electron chi connectivity index (χ0n) is 9.10. The predicted molar refractivity (Wildman–Crippen MR) is 62.3 cm³/mol. The highest BCUT2D eigenvalue weighted by atomic mass is 32.2. The molecular formula is C11H6F3NO3S. The zero-order valence-corrected chi connectivity index (χ0v) is 9.92. The van der Waals surface area contributed by atoms with E-state index in [0.29, 0.717) is 0 Å². The molecule has 0 unspecified atom stereocenters. The summed E-state index contributed by atoms with van der Waals surface area (Å²) in [7, 11) is 0. The number of rotatable bonds is 2. The third kappa shape index (κ3) is 3.08. The second-order valence-corrected chi connectivity index (χ2v) is 4.70. The smallest absolute Gasteiger partial charge is 0.446 e. The second-order valence-electron chi connectivity index (χ2n) is 3.56. The van der Waals surface area contributed by atoms with Gasteiger partial charge in [-0.2, -0.15) is 13.2 Å². The van der Waals surface area contributed by atoms with Gasteiger partial charge in [-0.3, -0.25) is 0 Å². The van der Waals surface area contributed by atoms with Gasteiger partial charge in [-0.15, -0.1) is 0 Å². The third-order valence-corrected chi connectivity index (χ3v) is 2.93. The number of hydrogen-bond acceptors (Lipinski definition) is 4. The van der Waals surface area contributed by atoms with Crippen molar-refractivity contribution in [3.8, 4) is 5.75 Å². The Morgan fingerprint density at radius 3 is 2.53 bits per heavy atom. The van der Waals surface area contributed by atoms with E-state index in [4.69, 9.17) is 5.11 Å². The van der Waals surface area contributed by atoms with Gasteiger partial charge in [0.25, 0.3) is 0 Å². The highest BCUT2D eigenvalue weighted by Gasteiger charge is 2.29. The average molecular weight is 289 g/mol. The molecule has 2 N–H and O–H groups in total. The van der Waals surface area contributed by atoms with Gasteiger partial charge in [-0.25, -0.2) is 9.78 Å². The molecule has 0 fully saturated rings. The summed E-state index contributed by atoms with van der Waals surface area (Å²) in [5.41, 5.74) is -4.88. The van der Waals surface area contributed by atoms with Crippen LogP contribution in [0.5, 0.6) is 5.75 Å². The molecule has 0 aliphatic carbocycles. The normalized spacial score (nSPS) is 11.7. The lowest BCUT2D eigenvalue weighted by atomic mass is 10.2. The number of halogens is 3. The van der Waals surface area contributed by atoms with E-state index in [1.165, 1.54) is 12.1 Å². The van der Waals surface area contributed by atoms with E-state index in [1.807, 2.05) is 0 Å². The Labute approximate surface area is 108 Å². The Kier molecular flexibility index (Phi) is 3.27. The topological polar surface area (TPSA) is 70.4 Å². The molecule has 1 aromatic heterocycles. The first kappa shape index (κ1) is 13.5. The molecule has 0 bridgehead atoms. The Morgan fingerprint density at radius 2 is 1.95 bits per heavy atom. The first-order chi connectivity index (χ1) is 8.76. The lowest BCUT2D eigenvalue weighted by molar-refractivity contribution is -0.0328. The summed E-state index contributed by atoms with van der Waals surface area (Å²) in [6, 6.07) is 4.47. The molecule has 0 amide bonds. The molecule has 0 atom stereocenters. The molecule has 1 heterocycles. The molecule has 2 aromatic rings. The molecule has 8 heteroatoms. The van der Waals surface area contributed by atoms with Gasteiger partial charge in [0, 0.05) is 16.3 Å². The maximum absolute atomic E-state index is 12.2. The van der Waals surface area contributed by atoms with Gasteiger partial charge in [0.1, 0.15) is 5.75 Å². The number of carboxylic acid groups (broad SMARTS) is 1. The number of thioether (sulfide) groups is 1. The molecule has 0 saturated carbocycles. The quantitative estimate of drug-likeness (QED) is 0.830. The van der Waals surface area contributed by atoms with Gasteiger partial charge >= 0.3 is 11.5 Å². The molecule has 0 saturated heterocycles. The molecule has 0 spiro atoms.